The third-order valence-corrected chi connectivity index (χ3v) is 2.46. The Morgan fingerprint density at radius 2 is 2.12 bits per heavy atom. The fraction of sp³-hybridized carbons (Fsp3) is 0.0909. The zero-order valence-corrected chi connectivity index (χ0v) is 9.64. The van der Waals surface area contributed by atoms with E-state index in [1.165, 1.54) is 12.3 Å². The molecule has 0 saturated carbocycles. The van der Waals surface area contributed by atoms with Crippen LogP contribution in [0.25, 0.3) is 11.3 Å². The summed E-state index contributed by atoms with van der Waals surface area (Å²) in [4.78, 5) is 14.7. The minimum atomic E-state index is -0.950. The van der Waals surface area contributed by atoms with Gasteiger partial charge in [-0.15, -0.1) is 10.2 Å². The summed E-state index contributed by atoms with van der Waals surface area (Å²) in [5, 5.41) is 16.5. The Bertz CT molecular complexity index is 569. The molecule has 1 aromatic heterocycles. The van der Waals surface area contributed by atoms with Crippen molar-refractivity contribution in [2.75, 3.05) is 0 Å². The average Bonchev–Trinajstić information content (AvgIpc) is 2.29. The van der Waals surface area contributed by atoms with E-state index in [-0.39, 0.29) is 10.8 Å². The van der Waals surface area contributed by atoms with Crippen LogP contribution in [0.15, 0.2) is 24.4 Å². The highest BCUT2D eigenvalue weighted by molar-refractivity contribution is 6.28. The zero-order chi connectivity index (χ0) is 12.4. The molecule has 0 amide bonds. The Kier molecular flexibility index (Phi) is 3.01. The molecule has 0 aliphatic rings. The number of carboxylic acids is 1. The van der Waals surface area contributed by atoms with E-state index >= 15 is 0 Å². The van der Waals surface area contributed by atoms with Gasteiger partial charge in [0.25, 0.3) is 0 Å². The van der Waals surface area contributed by atoms with Crippen molar-refractivity contribution in [2.24, 2.45) is 0 Å². The Morgan fingerprint density at radius 1 is 1.35 bits per heavy atom. The molecule has 0 bridgehead atoms. The van der Waals surface area contributed by atoms with Crippen LogP contribution in [0.2, 0.25) is 5.28 Å². The van der Waals surface area contributed by atoms with Crippen LogP contribution in [0.5, 0.6) is 0 Å². The van der Waals surface area contributed by atoms with E-state index in [4.69, 9.17) is 16.7 Å². The monoisotopic (exact) mass is 249 g/mol. The van der Waals surface area contributed by atoms with Gasteiger partial charge in [-0.2, -0.15) is 0 Å². The van der Waals surface area contributed by atoms with Crippen molar-refractivity contribution in [3.8, 4) is 11.3 Å². The molecule has 0 aliphatic carbocycles. The van der Waals surface area contributed by atoms with Gasteiger partial charge in [-0.1, -0.05) is 6.07 Å². The van der Waals surface area contributed by atoms with E-state index in [1.54, 1.807) is 19.1 Å². The lowest BCUT2D eigenvalue weighted by Crippen LogP contribution is -2.00. The van der Waals surface area contributed by atoms with Gasteiger partial charge in [0.15, 0.2) is 0 Å². The Balaban J connectivity index is 2.44. The summed E-state index contributed by atoms with van der Waals surface area (Å²) in [6.07, 6.45) is 1.49. The fourth-order valence-electron chi connectivity index (χ4n) is 1.46. The molecule has 1 heterocycles. The zero-order valence-electron chi connectivity index (χ0n) is 8.88. The number of aryl methyl sites for hydroxylation is 1. The first-order chi connectivity index (χ1) is 8.08. The predicted molar refractivity (Wildman–Crippen MR) is 62.0 cm³/mol. The molecule has 0 unspecified atom stereocenters. The van der Waals surface area contributed by atoms with Gasteiger partial charge in [-0.25, -0.2) is 9.78 Å². The van der Waals surface area contributed by atoms with Crippen LogP contribution < -0.4 is 0 Å². The van der Waals surface area contributed by atoms with Gasteiger partial charge in [0.05, 0.1) is 11.8 Å². The standard InChI is InChI=1S/C11H8ClN3O2/c1-6-4-7(2-3-8(6)10(16)17)9-5-13-11(12)15-14-9/h2-5H,1H3,(H,16,17). The smallest absolute Gasteiger partial charge is 0.335 e. The van der Waals surface area contributed by atoms with Gasteiger partial charge >= 0.3 is 5.97 Å². The summed E-state index contributed by atoms with van der Waals surface area (Å²) in [5.74, 6) is -0.950. The molecule has 0 atom stereocenters. The summed E-state index contributed by atoms with van der Waals surface area (Å²) < 4.78 is 0. The molecule has 1 N–H and O–H groups in total. The molecule has 0 saturated heterocycles. The van der Waals surface area contributed by atoms with Gasteiger partial charge in [0, 0.05) is 5.56 Å². The minimum absolute atomic E-state index is 0.0765. The number of aromatic nitrogens is 3. The van der Waals surface area contributed by atoms with Gasteiger partial charge in [-0.05, 0) is 36.2 Å². The second kappa shape index (κ2) is 4.47. The molecule has 0 aliphatic heterocycles. The maximum atomic E-state index is 10.9. The van der Waals surface area contributed by atoms with Crippen LogP contribution in [0.4, 0.5) is 0 Å². The molecule has 17 heavy (non-hydrogen) atoms. The average molecular weight is 250 g/mol. The lowest BCUT2D eigenvalue weighted by Gasteiger charge is -2.04. The van der Waals surface area contributed by atoms with Crippen LogP contribution in [0.1, 0.15) is 15.9 Å². The number of carbonyl (C=O) groups is 1. The highest BCUT2D eigenvalue weighted by Crippen LogP contribution is 2.19. The number of nitrogens with zero attached hydrogens (tertiary/aromatic N) is 3. The molecule has 86 valence electrons. The topological polar surface area (TPSA) is 76.0 Å². The summed E-state index contributed by atoms with van der Waals surface area (Å²) in [6, 6.07) is 4.92. The van der Waals surface area contributed by atoms with E-state index in [2.05, 4.69) is 15.2 Å². The second-order valence-electron chi connectivity index (χ2n) is 3.45. The van der Waals surface area contributed by atoms with Gasteiger partial charge in [0.2, 0.25) is 5.28 Å². The van der Waals surface area contributed by atoms with E-state index in [0.29, 0.717) is 11.3 Å². The number of hydrogen-bond acceptors (Lipinski definition) is 4. The summed E-state index contributed by atoms with van der Waals surface area (Å²) in [7, 11) is 0. The van der Waals surface area contributed by atoms with E-state index in [1.807, 2.05) is 0 Å². The van der Waals surface area contributed by atoms with Crippen LogP contribution >= 0.6 is 11.6 Å². The lowest BCUT2D eigenvalue weighted by atomic mass is 10.0. The quantitative estimate of drug-likeness (QED) is 0.883. The number of aromatic carboxylic acids is 1. The number of halogens is 1. The molecule has 2 aromatic rings. The van der Waals surface area contributed by atoms with Crippen molar-refractivity contribution in [2.45, 2.75) is 6.92 Å². The van der Waals surface area contributed by atoms with Crippen molar-refractivity contribution in [1.29, 1.82) is 0 Å². The van der Waals surface area contributed by atoms with E-state index < -0.39 is 5.97 Å². The highest BCUT2D eigenvalue weighted by Gasteiger charge is 2.09. The molecule has 1 aromatic carbocycles. The van der Waals surface area contributed by atoms with Gasteiger partial charge in [-0.3, -0.25) is 0 Å². The first kappa shape index (κ1) is 11.5. The molecule has 2 rings (SSSR count). The van der Waals surface area contributed by atoms with Gasteiger partial charge < -0.3 is 5.11 Å². The molecule has 0 radical (unpaired) electrons. The lowest BCUT2D eigenvalue weighted by molar-refractivity contribution is 0.0696. The maximum Gasteiger partial charge on any atom is 0.335 e. The van der Waals surface area contributed by atoms with Crippen molar-refractivity contribution in [3.05, 3.63) is 40.8 Å². The number of hydrogen-bond donors (Lipinski definition) is 1. The summed E-state index contributed by atoms with van der Waals surface area (Å²) in [5.41, 5.74) is 2.23. The molecule has 6 heteroatoms. The van der Waals surface area contributed by atoms with Crippen LogP contribution in [-0.2, 0) is 0 Å². The Hall–Kier alpha value is -2.01. The van der Waals surface area contributed by atoms with E-state index in [0.717, 1.165) is 5.56 Å². The summed E-state index contributed by atoms with van der Waals surface area (Å²) >= 11 is 5.53. The largest absolute Gasteiger partial charge is 0.478 e. The van der Waals surface area contributed by atoms with Crippen LogP contribution in [0, 0.1) is 6.92 Å². The molecule has 5 nitrogen and oxygen atoms in total. The van der Waals surface area contributed by atoms with Crippen molar-refractivity contribution >= 4 is 17.6 Å². The molecule has 0 fully saturated rings. The third-order valence-electron chi connectivity index (χ3n) is 2.29. The fourth-order valence-corrected chi connectivity index (χ4v) is 1.54. The van der Waals surface area contributed by atoms with Crippen LogP contribution in [0.3, 0.4) is 0 Å². The van der Waals surface area contributed by atoms with Gasteiger partial charge in [0.1, 0.15) is 5.69 Å². The number of benzene rings is 1. The maximum absolute atomic E-state index is 10.9. The molecule has 0 spiro atoms. The normalized spacial score (nSPS) is 10.2. The first-order valence-corrected chi connectivity index (χ1v) is 5.15. The number of carboxylic acid groups (broad SMARTS) is 1. The van der Waals surface area contributed by atoms with Crippen molar-refractivity contribution in [1.82, 2.24) is 15.2 Å². The molecular weight excluding hydrogens is 242 g/mol. The van der Waals surface area contributed by atoms with Crippen LogP contribution in [-0.4, -0.2) is 26.3 Å². The second-order valence-corrected chi connectivity index (χ2v) is 3.79. The highest BCUT2D eigenvalue weighted by atomic mass is 35.5. The van der Waals surface area contributed by atoms with Crippen molar-refractivity contribution < 1.29 is 9.90 Å². The third kappa shape index (κ3) is 2.39. The predicted octanol–water partition coefficient (Wildman–Crippen LogP) is 2.20. The number of rotatable bonds is 2. The van der Waals surface area contributed by atoms with Crippen molar-refractivity contribution in [3.63, 3.8) is 0 Å². The Morgan fingerprint density at radius 3 is 2.65 bits per heavy atom. The first-order valence-electron chi connectivity index (χ1n) is 4.77. The minimum Gasteiger partial charge on any atom is -0.478 e. The Labute approximate surface area is 102 Å². The molecular formula is C11H8ClN3O2. The SMILES string of the molecule is Cc1cc(-c2cnc(Cl)nn2)ccc1C(=O)O. The van der Waals surface area contributed by atoms with E-state index in [9.17, 15) is 4.79 Å². The summed E-state index contributed by atoms with van der Waals surface area (Å²) in [6.45, 7) is 1.73.